The second kappa shape index (κ2) is 6.58. The first kappa shape index (κ1) is 15.3. The summed E-state index contributed by atoms with van der Waals surface area (Å²) in [5.41, 5.74) is 0.992. The summed E-state index contributed by atoms with van der Waals surface area (Å²) in [6.45, 7) is 0. The summed E-state index contributed by atoms with van der Waals surface area (Å²) in [4.78, 5) is 12.2. The summed E-state index contributed by atoms with van der Waals surface area (Å²) < 4.78 is 19.5. The molecule has 0 aromatic heterocycles. The highest BCUT2D eigenvalue weighted by atomic mass is 79.9. The number of methoxy groups -OCH3 is 1. The molecule has 2 rings (SSSR count). The van der Waals surface area contributed by atoms with E-state index < -0.39 is 11.7 Å². The molecule has 0 saturated carbocycles. The first-order valence-corrected chi connectivity index (χ1v) is 6.97. The largest absolute Gasteiger partial charge is 0.496 e. The van der Waals surface area contributed by atoms with E-state index in [4.69, 9.17) is 4.74 Å². The number of halogens is 2. The maximum absolute atomic E-state index is 13.6. The van der Waals surface area contributed by atoms with Gasteiger partial charge in [-0.05, 0) is 46.3 Å². The monoisotopic (exact) mass is 352 g/mol. The first-order chi connectivity index (χ1) is 10.1. The molecule has 0 aliphatic rings. The molecule has 0 unspecified atom stereocenters. The van der Waals surface area contributed by atoms with E-state index in [1.807, 2.05) is 0 Å². The molecule has 0 aliphatic heterocycles. The predicted molar refractivity (Wildman–Crippen MR) is 84.6 cm³/mol. The highest BCUT2D eigenvalue weighted by Gasteiger charge is 2.14. The van der Waals surface area contributed by atoms with Gasteiger partial charge >= 0.3 is 0 Å². The third kappa shape index (κ3) is 3.33. The second-order valence-corrected chi connectivity index (χ2v) is 5.07. The Kier molecular flexibility index (Phi) is 4.80. The van der Waals surface area contributed by atoms with Gasteiger partial charge in [-0.3, -0.25) is 4.79 Å². The lowest BCUT2D eigenvalue weighted by Crippen LogP contribution is -2.14. The fraction of sp³-hybridized carbons (Fsp3) is 0.133. The number of benzene rings is 2. The molecule has 2 N–H and O–H groups in total. The van der Waals surface area contributed by atoms with Gasteiger partial charge in [0.15, 0.2) is 0 Å². The van der Waals surface area contributed by atoms with Gasteiger partial charge in [0.25, 0.3) is 5.91 Å². The number of para-hydroxylation sites is 1. The van der Waals surface area contributed by atoms with E-state index in [0.29, 0.717) is 11.4 Å². The zero-order chi connectivity index (χ0) is 15.4. The fourth-order valence-corrected chi connectivity index (χ4v) is 2.45. The average Bonchev–Trinajstić information content (AvgIpc) is 2.47. The van der Waals surface area contributed by atoms with Crippen LogP contribution in [0.15, 0.2) is 40.9 Å². The Labute approximate surface area is 130 Å². The lowest BCUT2D eigenvalue weighted by molar-refractivity contribution is 0.102. The van der Waals surface area contributed by atoms with Crippen molar-refractivity contribution in [2.75, 3.05) is 24.8 Å². The minimum Gasteiger partial charge on any atom is -0.496 e. The SMILES string of the molecule is CNc1c(F)cccc1C(=O)Nc1ccc(OC)c(Br)c1. The lowest BCUT2D eigenvalue weighted by atomic mass is 10.1. The van der Waals surface area contributed by atoms with Crippen molar-refractivity contribution in [1.29, 1.82) is 0 Å². The first-order valence-electron chi connectivity index (χ1n) is 6.18. The van der Waals surface area contributed by atoms with Crippen LogP contribution in [0.1, 0.15) is 10.4 Å². The van der Waals surface area contributed by atoms with Crippen LogP contribution in [0.3, 0.4) is 0 Å². The molecule has 0 radical (unpaired) electrons. The summed E-state index contributed by atoms with van der Waals surface area (Å²) in [5, 5.41) is 5.42. The molecule has 1 amide bonds. The van der Waals surface area contributed by atoms with Crippen LogP contribution in [0.25, 0.3) is 0 Å². The number of hydrogen-bond acceptors (Lipinski definition) is 3. The smallest absolute Gasteiger partial charge is 0.257 e. The Morgan fingerprint density at radius 3 is 2.67 bits per heavy atom. The van der Waals surface area contributed by atoms with Gasteiger partial charge in [0.05, 0.1) is 22.8 Å². The van der Waals surface area contributed by atoms with Gasteiger partial charge in [0, 0.05) is 12.7 Å². The number of anilines is 2. The van der Waals surface area contributed by atoms with Crippen LogP contribution in [-0.2, 0) is 0 Å². The summed E-state index contributed by atoms with van der Waals surface area (Å²) in [5.74, 6) is -0.202. The normalized spacial score (nSPS) is 10.1. The van der Waals surface area contributed by atoms with Gasteiger partial charge in [-0.1, -0.05) is 6.07 Å². The van der Waals surface area contributed by atoms with E-state index in [0.717, 1.165) is 4.47 Å². The number of rotatable bonds is 4. The van der Waals surface area contributed by atoms with Crippen molar-refractivity contribution in [1.82, 2.24) is 0 Å². The highest BCUT2D eigenvalue weighted by Crippen LogP contribution is 2.28. The molecule has 2 aromatic carbocycles. The van der Waals surface area contributed by atoms with Crippen LogP contribution in [-0.4, -0.2) is 20.1 Å². The van der Waals surface area contributed by atoms with Crippen molar-refractivity contribution in [3.63, 3.8) is 0 Å². The van der Waals surface area contributed by atoms with E-state index in [9.17, 15) is 9.18 Å². The van der Waals surface area contributed by atoms with Crippen molar-refractivity contribution < 1.29 is 13.9 Å². The van der Waals surface area contributed by atoms with Crippen molar-refractivity contribution in [2.45, 2.75) is 0 Å². The van der Waals surface area contributed by atoms with Crippen molar-refractivity contribution in [3.05, 3.63) is 52.3 Å². The Bertz CT molecular complexity index is 677. The third-order valence-electron chi connectivity index (χ3n) is 2.92. The summed E-state index contributed by atoms with van der Waals surface area (Å²) in [7, 11) is 3.13. The van der Waals surface area contributed by atoms with E-state index in [1.165, 1.54) is 12.1 Å². The van der Waals surface area contributed by atoms with Gasteiger partial charge in [0.2, 0.25) is 0 Å². The van der Waals surface area contributed by atoms with Crippen LogP contribution < -0.4 is 15.4 Å². The van der Waals surface area contributed by atoms with E-state index >= 15 is 0 Å². The van der Waals surface area contributed by atoms with Gasteiger partial charge in [-0.15, -0.1) is 0 Å². The quantitative estimate of drug-likeness (QED) is 0.877. The van der Waals surface area contributed by atoms with Gasteiger partial charge in [-0.25, -0.2) is 4.39 Å². The molecule has 6 heteroatoms. The van der Waals surface area contributed by atoms with E-state index in [-0.39, 0.29) is 11.3 Å². The topological polar surface area (TPSA) is 50.4 Å². The van der Waals surface area contributed by atoms with Gasteiger partial charge in [0.1, 0.15) is 11.6 Å². The molecular formula is C15H14BrFN2O2. The van der Waals surface area contributed by atoms with Crippen LogP contribution in [0.2, 0.25) is 0 Å². The molecule has 0 heterocycles. The number of ether oxygens (including phenoxy) is 1. The summed E-state index contributed by atoms with van der Waals surface area (Å²) in [6.07, 6.45) is 0. The summed E-state index contributed by atoms with van der Waals surface area (Å²) >= 11 is 3.34. The molecule has 0 saturated heterocycles. The maximum atomic E-state index is 13.6. The van der Waals surface area contributed by atoms with Crippen molar-refractivity contribution in [2.24, 2.45) is 0 Å². The highest BCUT2D eigenvalue weighted by molar-refractivity contribution is 9.10. The number of nitrogens with one attached hydrogen (secondary N) is 2. The van der Waals surface area contributed by atoms with Gasteiger partial charge < -0.3 is 15.4 Å². The molecule has 0 atom stereocenters. The van der Waals surface area contributed by atoms with Crippen LogP contribution in [0, 0.1) is 5.82 Å². The molecule has 0 bridgehead atoms. The molecule has 0 aliphatic carbocycles. The Balaban J connectivity index is 2.26. The molecular weight excluding hydrogens is 339 g/mol. The standard InChI is InChI=1S/C15H14BrFN2O2/c1-18-14-10(4-3-5-12(14)17)15(20)19-9-6-7-13(21-2)11(16)8-9/h3-8,18H,1-2H3,(H,19,20). The molecule has 110 valence electrons. The minimum atomic E-state index is -0.471. The average molecular weight is 353 g/mol. The fourth-order valence-electron chi connectivity index (χ4n) is 1.91. The van der Waals surface area contributed by atoms with Crippen molar-refractivity contribution in [3.8, 4) is 5.75 Å². The van der Waals surface area contributed by atoms with Crippen LogP contribution in [0.4, 0.5) is 15.8 Å². The molecule has 4 nitrogen and oxygen atoms in total. The Morgan fingerprint density at radius 2 is 2.05 bits per heavy atom. The van der Waals surface area contributed by atoms with Crippen molar-refractivity contribution >= 4 is 33.2 Å². The minimum absolute atomic E-state index is 0.169. The predicted octanol–water partition coefficient (Wildman–Crippen LogP) is 3.89. The number of amides is 1. The Hall–Kier alpha value is -2.08. The van der Waals surface area contributed by atoms with E-state index in [1.54, 1.807) is 38.4 Å². The zero-order valence-electron chi connectivity index (χ0n) is 11.5. The zero-order valence-corrected chi connectivity index (χ0v) is 13.1. The third-order valence-corrected chi connectivity index (χ3v) is 3.54. The molecule has 2 aromatic rings. The van der Waals surface area contributed by atoms with Gasteiger partial charge in [-0.2, -0.15) is 0 Å². The van der Waals surface area contributed by atoms with E-state index in [2.05, 4.69) is 26.6 Å². The number of carbonyl (C=O) groups is 1. The summed E-state index contributed by atoms with van der Waals surface area (Å²) in [6, 6.07) is 9.50. The lowest BCUT2D eigenvalue weighted by Gasteiger charge is -2.11. The number of hydrogen-bond donors (Lipinski definition) is 2. The van der Waals surface area contributed by atoms with Crippen LogP contribution >= 0.6 is 15.9 Å². The van der Waals surface area contributed by atoms with Crippen LogP contribution in [0.5, 0.6) is 5.75 Å². The molecule has 0 fully saturated rings. The molecule has 21 heavy (non-hydrogen) atoms. The maximum Gasteiger partial charge on any atom is 0.257 e. The second-order valence-electron chi connectivity index (χ2n) is 4.22. The Morgan fingerprint density at radius 1 is 1.29 bits per heavy atom. The number of carbonyl (C=O) groups excluding carboxylic acids is 1. The molecule has 0 spiro atoms.